The summed E-state index contributed by atoms with van der Waals surface area (Å²) in [7, 11) is 0. The summed E-state index contributed by atoms with van der Waals surface area (Å²) in [5.41, 5.74) is -1.03. The van der Waals surface area contributed by atoms with Crippen LogP contribution in [0, 0.1) is 11.8 Å². The molecule has 0 aromatic carbocycles. The zero-order valence-electron chi connectivity index (χ0n) is 14.4. The molecule has 3 aliphatic rings. The topological polar surface area (TPSA) is 115 Å². The minimum Gasteiger partial charge on any atom is -0.478 e. The van der Waals surface area contributed by atoms with Crippen LogP contribution in [0.2, 0.25) is 0 Å². The predicted molar refractivity (Wildman–Crippen MR) is 89.5 cm³/mol. The van der Waals surface area contributed by atoms with Gasteiger partial charge in [0.1, 0.15) is 0 Å². The minimum atomic E-state index is -0.935. The Bertz CT molecular complexity index is 492. The van der Waals surface area contributed by atoms with E-state index in [0.717, 1.165) is 38.5 Å². The Labute approximate surface area is 142 Å². The monoisotopic (exact) mass is 340 g/mol. The molecule has 0 spiro atoms. The molecule has 4 unspecified atom stereocenters. The lowest BCUT2D eigenvalue weighted by molar-refractivity contribution is -0.150. The van der Waals surface area contributed by atoms with Gasteiger partial charge in [-0.15, -0.1) is 0 Å². The third-order valence-corrected chi connectivity index (χ3v) is 5.32. The summed E-state index contributed by atoms with van der Waals surface area (Å²) in [6.07, 6.45) is 5.94. The summed E-state index contributed by atoms with van der Waals surface area (Å²) in [5, 5.41) is 36.3. The second-order valence-electron chi connectivity index (χ2n) is 7.13. The highest BCUT2D eigenvalue weighted by molar-refractivity contribution is 5.85. The molecule has 4 atom stereocenters. The number of rotatable bonds is 2. The predicted octanol–water partition coefficient (Wildman–Crippen LogP) is 2.36. The van der Waals surface area contributed by atoms with E-state index in [2.05, 4.69) is 13.2 Å². The first-order valence-corrected chi connectivity index (χ1v) is 8.17. The van der Waals surface area contributed by atoms with Crippen LogP contribution in [0.3, 0.4) is 0 Å². The molecular weight excluding hydrogens is 312 g/mol. The Kier molecular flexibility index (Phi) is 6.36. The van der Waals surface area contributed by atoms with E-state index in [1.54, 1.807) is 0 Å². The molecule has 2 bridgehead atoms. The quantitative estimate of drug-likeness (QED) is 0.574. The summed E-state index contributed by atoms with van der Waals surface area (Å²) < 4.78 is 0. The summed E-state index contributed by atoms with van der Waals surface area (Å²) in [6.45, 7) is 9.20. The van der Waals surface area contributed by atoms with Crippen molar-refractivity contribution in [1.29, 1.82) is 0 Å². The van der Waals surface area contributed by atoms with E-state index in [0.29, 0.717) is 11.8 Å². The first-order valence-electron chi connectivity index (χ1n) is 8.17. The maximum Gasteiger partial charge on any atom is 0.330 e. The van der Waals surface area contributed by atoms with Gasteiger partial charge < -0.3 is 20.4 Å². The second kappa shape index (κ2) is 7.49. The van der Waals surface area contributed by atoms with Crippen LogP contribution < -0.4 is 0 Å². The number of carbonyl (C=O) groups is 2. The maximum absolute atomic E-state index is 10.3. The summed E-state index contributed by atoms with van der Waals surface area (Å²) in [6, 6.07) is 0. The van der Waals surface area contributed by atoms with Crippen molar-refractivity contribution in [3.05, 3.63) is 24.3 Å². The van der Waals surface area contributed by atoms with Crippen molar-refractivity contribution >= 4 is 11.9 Å². The molecule has 0 amide bonds. The highest BCUT2D eigenvalue weighted by Gasteiger charge is 2.67. The van der Waals surface area contributed by atoms with Crippen LogP contribution in [-0.2, 0) is 9.59 Å². The van der Waals surface area contributed by atoms with Gasteiger partial charge in [0.15, 0.2) is 0 Å². The normalized spacial score (nSPS) is 35.0. The van der Waals surface area contributed by atoms with Crippen molar-refractivity contribution in [2.24, 2.45) is 11.8 Å². The van der Waals surface area contributed by atoms with E-state index in [-0.39, 0.29) is 11.1 Å². The van der Waals surface area contributed by atoms with Gasteiger partial charge in [-0.1, -0.05) is 19.6 Å². The van der Waals surface area contributed by atoms with Crippen LogP contribution in [0.15, 0.2) is 24.3 Å². The zero-order valence-corrected chi connectivity index (χ0v) is 14.4. The first-order chi connectivity index (χ1) is 10.9. The smallest absolute Gasteiger partial charge is 0.330 e. The number of hydrogen-bond acceptors (Lipinski definition) is 4. The van der Waals surface area contributed by atoms with Crippen LogP contribution in [0.4, 0.5) is 0 Å². The zero-order chi connectivity index (χ0) is 18.7. The van der Waals surface area contributed by atoms with E-state index in [9.17, 15) is 19.8 Å². The van der Waals surface area contributed by atoms with E-state index >= 15 is 0 Å². The largest absolute Gasteiger partial charge is 0.478 e. The van der Waals surface area contributed by atoms with E-state index in [1.165, 1.54) is 13.8 Å². The standard InChI is InChI=1S/C10H16O2.2C4H6O2/c11-9-5-3-7(6-9)8-2-1-4-10(8,9)12;2*1-3(2)4(5)6/h7-8,11-12H,1-6H2;2*1H2,2H3,(H,5,6). The number of carboxylic acids is 2. The highest BCUT2D eigenvalue weighted by Crippen LogP contribution is 2.63. The molecule has 3 rings (SSSR count). The number of fused-ring (bicyclic) bond motifs is 5. The number of hydrogen-bond donors (Lipinski definition) is 4. The summed E-state index contributed by atoms with van der Waals surface area (Å²) in [4.78, 5) is 19.2. The van der Waals surface area contributed by atoms with Gasteiger partial charge in [0.25, 0.3) is 0 Å². The molecular formula is C18H28O6. The third-order valence-electron chi connectivity index (χ3n) is 5.32. The van der Waals surface area contributed by atoms with E-state index in [4.69, 9.17) is 10.2 Å². The van der Waals surface area contributed by atoms with Crippen LogP contribution in [0.1, 0.15) is 52.4 Å². The Morgan fingerprint density at radius 3 is 1.79 bits per heavy atom. The summed E-state index contributed by atoms with van der Waals surface area (Å²) in [5.74, 6) is -0.816. The van der Waals surface area contributed by atoms with Crippen molar-refractivity contribution < 1.29 is 30.0 Å². The first kappa shape index (κ1) is 20.4. The fourth-order valence-corrected chi connectivity index (χ4v) is 4.02. The molecule has 0 heterocycles. The Hall–Kier alpha value is -1.66. The van der Waals surface area contributed by atoms with Crippen molar-refractivity contribution in [2.75, 3.05) is 0 Å². The number of aliphatic carboxylic acids is 2. The molecule has 0 aromatic rings. The van der Waals surface area contributed by atoms with Gasteiger partial charge in [-0.25, -0.2) is 9.59 Å². The van der Waals surface area contributed by atoms with Gasteiger partial charge in [0, 0.05) is 11.1 Å². The third kappa shape index (κ3) is 4.05. The van der Waals surface area contributed by atoms with Gasteiger partial charge in [-0.2, -0.15) is 0 Å². The van der Waals surface area contributed by atoms with Crippen molar-refractivity contribution in [3.8, 4) is 0 Å². The van der Waals surface area contributed by atoms with Crippen LogP contribution in [0.5, 0.6) is 0 Å². The van der Waals surface area contributed by atoms with Crippen LogP contribution in [-0.4, -0.2) is 43.6 Å². The number of carboxylic acid groups (broad SMARTS) is 2. The van der Waals surface area contributed by atoms with Crippen molar-refractivity contribution in [3.63, 3.8) is 0 Å². The van der Waals surface area contributed by atoms with Gasteiger partial charge >= 0.3 is 11.9 Å². The highest BCUT2D eigenvalue weighted by atomic mass is 16.4. The Morgan fingerprint density at radius 2 is 1.42 bits per heavy atom. The molecule has 3 saturated carbocycles. The molecule has 0 radical (unpaired) electrons. The molecule has 0 saturated heterocycles. The van der Waals surface area contributed by atoms with Crippen LogP contribution >= 0.6 is 0 Å². The summed E-state index contributed by atoms with van der Waals surface area (Å²) >= 11 is 0. The fourth-order valence-electron chi connectivity index (χ4n) is 4.02. The molecule has 6 heteroatoms. The van der Waals surface area contributed by atoms with Gasteiger partial charge in [-0.05, 0) is 57.8 Å². The molecule has 6 nitrogen and oxygen atoms in total. The lowest BCUT2D eigenvalue weighted by atomic mass is 9.75. The van der Waals surface area contributed by atoms with Gasteiger partial charge in [0.2, 0.25) is 0 Å². The van der Waals surface area contributed by atoms with Crippen molar-refractivity contribution in [1.82, 2.24) is 0 Å². The SMILES string of the molecule is C=C(C)C(=O)O.C=C(C)C(=O)O.OC12CCC(C1)C1CCCC12O. The molecule has 136 valence electrons. The molecule has 3 aliphatic carbocycles. The molecule has 4 N–H and O–H groups in total. The molecule has 3 fully saturated rings. The fraction of sp³-hybridized carbons (Fsp3) is 0.667. The molecule has 0 aromatic heterocycles. The average Bonchev–Trinajstić information content (AvgIpc) is 3.09. The van der Waals surface area contributed by atoms with Crippen molar-refractivity contribution in [2.45, 2.75) is 63.6 Å². The van der Waals surface area contributed by atoms with E-state index < -0.39 is 23.1 Å². The lowest BCUT2D eigenvalue weighted by Crippen LogP contribution is -2.52. The maximum atomic E-state index is 10.3. The Balaban J connectivity index is 0.000000207. The van der Waals surface area contributed by atoms with Gasteiger partial charge in [-0.3, -0.25) is 0 Å². The molecule has 24 heavy (non-hydrogen) atoms. The van der Waals surface area contributed by atoms with Crippen LogP contribution in [0.25, 0.3) is 0 Å². The minimum absolute atomic E-state index is 0.176. The van der Waals surface area contributed by atoms with E-state index in [1.807, 2.05) is 0 Å². The average molecular weight is 340 g/mol. The van der Waals surface area contributed by atoms with Gasteiger partial charge in [0.05, 0.1) is 11.2 Å². The number of aliphatic hydroxyl groups is 2. The second-order valence-corrected chi connectivity index (χ2v) is 7.13. The Morgan fingerprint density at radius 1 is 0.958 bits per heavy atom. The lowest BCUT2D eigenvalue weighted by Gasteiger charge is -2.40. The molecule has 0 aliphatic heterocycles.